The van der Waals surface area contributed by atoms with Crippen molar-refractivity contribution in [2.24, 2.45) is 46.3 Å². The second-order valence-corrected chi connectivity index (χ2v) is 19.2. The normalized spacial score (nSPS) is 29.2. The van der Waals surface area contributed by atoms with Crippen molar-refractivity contribution in [3.05, 3.63) is 138 Å². The highest BCUT2D eigenvalue weighted by molar-refractivity contribution is 5.70. The van der Waals surface area contributed by atoms with E-state index >= 15 is 0 Å². The molecular formula is C52H66N2O2. The van der Waals surface area contributed by atoms with Gasteiger partial charge in [0.05, 0.1) is 18.4 Å². The minimum atomic E-state index is -0.612. The van der Waals surface area contributed by atoms with Gasteiger partial charge in [-0.25, -0.2) is 4.98 Å². The van der Waals surface area contributed by atoms with Crippen molar-refractivity contribution in [1.29, 1.82) is 0 Å². The minimum Gasteiger partial charge on any atom is -0.462 e. The molecule has 0 spiro atoms. The van der Waals surface area contributed by atoms with Crippen LogP contribution in [-0.2, 0) is 21.5 Å². The summed E-state index contributed by atoms with van der Waals surface area (Å²) in [5.74, 6) is 4.91. The van der Waals surface area contributed by atoms with Crippen LogP contribution in [-0.4, -0.2) is 21.6 Å². The van der Waals surface area contributed by atoms with E-state index in [1.807, 2.05) is 6.33 Å². The van der Waals surface area contributed by atoms with E-state index in [-0.39, 0.29) is 17.5 Å². The van der Waals surface area contributed by atoms with Gasteiger partial charge in [0.2, 0.25) is 0 Å². The van der Waals surface area contributed by atoms with Gasteiger partial charge in [-0.2, -0.15) is 0 Å². The smallest absolute Gasteiger partial charge is 0.306 e. The molecule has 3 saturated carbocycles. The van der Waals surface area contributed by atoms with E-state index in [0.29, 0.717) is 18.3 Å². The van der Waals surface area contributed by atoms with E-state index in [2.05, 4.69) is 142 Å². The van der Waals surface area contributed by atoms with Crippen LogP contribution in [0.5, 0.6) is 0 Å². The number of aryl methyl sites for hydroxylation is 1. The Balaban J connectivity index is 0.919. The number of nitrogens with zero attached hydrogens (tertiary/aromatic N) is 2. The number of allylic oxidation sites excluding steroid dienone is 1. The van der Waals surface area contributed by atoms with Gasteiger partial charge in [-0.05, 0) is 108 Å². The van der Waals surface area contributed by atoms with E-state index in [4.69, 9.17) is 9.72 Å². The van der Waals surface area contributed by atoms with Crippen LogP contribution in [0, 0.1) is 46.3 Å². The van der Waals surface area contributed by atoms with Gasteiger partial charge >= 0.3 is 5.97 Å². The third-order valence-electron chi connectivity index (χ3n) is 15.7. The Morgan fingerprint density at radius 1 is 0.821 bits per heavy atom. The highest BCUT2D eigenvalue weighted by atomic mass is 16.5. The molecule has 3 fully saturated rings. The number of imidazole rings is 1. The van der Waals surface area contributed by atoms with Gasteiger partial charge in [0, 0.05) is 19.0 Å². The predicted molar refractivity (Wildman–Crippen MR) is 228 cm³/mol. The molecule has 4 aromatic rings. The molecule has 4 aliphatic rings. The highest BCUT2D eigenvalue weighted by Crippen LogP contribution is 2.67. The number of aromatic nitrogens is 2. The highest BCUT2D eigenvalue weighted by Gasteiger charge is 2.59. The molecular weight excluding hydrogens is 685 g/mol. The number of fused-ring (bicyclic) bond motifs is 5. The Bertz CT molecular complexity index is 1850. The van der Waals surface area contributed by atoms with Crippen molar-refractivity contribution in [2.75, 3.05) is 0 Å². The fourth-order valence-electron chi connectivity index (χ4n) is 12.9. The Labute approximate surface area is 337 Å². The molecule has 296 valence electrons. The number of hydrogen-bond donors (Lipinski definition) is 0. The van der Waals surface area contributed by atoms with Crippen molar-refractivity contribution in [3.8, 4) is 0 Å². The zero-order valence-electron chi connectivity index (χ0n) is 34.8. The zero-order valence-corrected chi connectivity index (χ0v) is 34.8. The Morgan fingerprint density at radius 3 is 2.09 bits per heavy atom. The Kier molecular flexibility index (Phi) is 11.2. The lowest BCUT2D eigenvalue weighted by atomic mass is 9.47. The number of esters is 1. The molecule has 4 heteroatoms. The minimum absolute atomic E-state index is 0.0192. The van der Waals surface area contributed by atoms with Gasteiger partial charge in [-0.3, -0.25) is 4.79 Å². The van der Waals surface area contributed by atoms with Crippen LogP contribution in [0.1, 0.15) is 134 Å². The average Bonchev–Trinajstić information content (AvgIpc) is 3.83. The first-order valence-corrected chi connectivity index (χ1v) is 22.2. The Morgan fingerprint density at radius 2 is 1.46 bits per heavy atom. The molecule has 0 saturated heterocycles. The SMILES string of the molecule is CC(C)CCCC(C)[C@H]1CCC2C3CC=C4C[C@@H](OC(=O)CCc5cn(C(c6ccccc6)(c6ccccc6)c6ccccc6)cn5)CC[C@]4(C)C3CC[C@@]21C. The molecule has 0 radical (unpaired) electrons. The van der Waals surface area contributed by atoms with Crippen LogP contribution in [0.15, 0.2) is 115 Å². The van der Waals surface area contributed by atoms with Crippen molar-refractivity contribution in [2.45, 2.75) is 130 Å². The van der Waals surface area contributed by atoms with E-state index in [9.17, 15) is 4.79 Å². The van der Waals surface area contributed by atoms with Crippen LogP contribution in [0.25, 0.3) is 0 Å². The maximum atomic E-state index is 13.5. The van der Waals surface area contributed by atoms with Gasteiger partial charge in [-0.1, -0.05) is 157 Å². The van der Waals surface area contributed by atoms with E-state index in [1.54, 1.807) is 5.57 Å². The van der Waals surface area contributed by atoms with Crippen molar-refractivity contribution in [1.82, 2.24) is 9.55 Å². The third kappa shape index (κ3) is 7.13. The van der Waals surface area contributed by atoms with E-state index in [0.717, 1.165) is 77.2 Å². The summed E-state index contributed by atoms with van der Waals surface area (Å²) in [6, 6.07) is 32.0. The quantitative estimate of drug-likeness (QED) is 0.0776. The van der Waals surface area contributed by atoms with Gasteiger partial charge in [-0.15, -0.1) is 0 Å². The zero-order chi connectivity index (χ0) is 38.9. The average molecular weight is 751 g/mol. The molecule has 0 amide bonds. The number of carbonyl (C=O) groups excluding carboxylic acids is 1. The second-order valence-electron chi connectivity index (χ2n) is 19.2. The van der Waals surface area contributed by atoms with Crippen LogP contribution < -0.4 is 0 Å². The standard InChI is InChI=1S/C52H66N2O2/c1-37(2)16-15-17-38(3)46-27-28-47-45-26-24-42-34-44(30-32-50(42,4)48(45)31-33-51(46,47)5)56-49(55)29-25-43-35-54(36-53-43)52(39-18-9-6-10-19-39,40-20-11-7-12-21-40)41-22-13-8-14-23-41/h6-14,18-24,35-38,44-48H,15-17,25-34H2,1-5H3/t38?,44-,45?,46+,47?,48?,50-,51+/m0/s1. The lowest BCUT2D eigenvalue weighted by molar-refractivity contribution is -0.151. The molecule has 8 rings (SSSR count). The van der Waals surface area contributed by atoms with Gasteiger partial charge in [0.1, 0.15) is 11.6 Å². The molecule has 3 aromatic carbocycles. The topological polar surface area (TPSA) is 44.1 Å². The fourth-order valence-corrected chi connectivity index (χ4v) is 12.9. The van der Waals surface area contributed by atoms with Crippen LogP contribution >= 0.6 is 0 Å². The number of carbonyl (C=O) groups is 1. The second kappa shape index (κ2) is 16.1. The molecule has 4 nitrogen and oxygen atoms in total. The van der Waals surface area contributed by atoms with Gasteiger partial charge < -0.3 is 9.30 Å². The maximum absolute atomic E-state index is 13.5. The molecule has 4 aliphatic carbocycles. The van der Waals surface area contributed by atoms with Crippen LogP contribution in [0.3, 0.4) is 0 Å². The summed E-state index contributed by atoms with van der Waals surface area (Å²) < 4.78 is 8.51. The maximum Gasteiger partial charge on any atom is 0.306 e. The summed E-state index contributed by atoms with van der Waals surface area (Å²) in [5, 5.41) is 0. The summed E-state index contributed by atoms with van der Waals surface area (Å²) in [6.45, 7) is 12.6. The molecule has 4 unspecified atom stereocenters. The number of hydrogen-bond acceptors (Lipinski definition) is 3. The van der Waals surface area contributed by atoms with Crippen molar-refractivity contribution < 1.29 is 9.53 Å². The molecule has 56 heavy (non-hydrogen) atoms. The van der Waals surface area contributed by atoms with Gasteiger partial charge in [0.25, 0.3) is 0 Å². The largest absolute Gasteiger partial charge is 0.462 e. The number of benzene rings is 3. The molecule has 8 atom stereocenters. The lowest BCUT2D eigenvalue weighted by Crippen LogP contribution is -2.51. The van der Waals surface area contributed by atoms with Crippen LogP contribution in [0.2, 0.25) is 0 Å². The Hall–Kier alpha value is -3.92. The lowest BCUT2D eigenvalue weighted by Gasteiger charge is -2.58. The summed E-state index contributed by atoms with van der Waals surface area (Å²) in [5.41, 5.74) is 6.11. The van der Waals surface area contributed by atoms with Gasteiger partial charge in [0.15, 0.2) is 0 Å². The fraction of sp³-hybridized carbons (Fsp3) is 0.538. The number of ether oxygens (including phenoxy) is 1. The summed E-state index contributed by atoms with van der Waals surface area (Å²) in [6.07, 6.45) is 21.6. The monoisotopic (exact) mass is 751 g/mol. The summed E-state index contributed by atoms with van der Waals surface area (Å²) in [7, 11) is 0. The molecule has 1 heterocycles. The molecule has 0 bridgehead atoms. The van der Waals surface area contributed by atoms with Crippen molar-refractivity contribution >= 4 is 5.97 Å². The van der Waals surface area contributed by atoms with E-state index < -0.39 is 5.54 Å². The first-order chi connectivity index (χ1) is 27.1. The first-order valence-electron chi connectivity index (χ1n) is 22.2. The predicted octanol–water partition coefficient (Wildman–Crippen LogP) is 12.6. The van der Waals surface area contributed by atoms with Crippen molar-refractivity contribution in [3.63, 3.8) is 0 Å². The van der Waals surface area contributed by atoms with E-state index in [1.165, 1.54) is 51.4 Å². The third-order valence-corrected chi connectivity index (χ3v) is 15.7. The van der Waals surface area contributed by atoms with Crippen LogP contribution in [0.4, 0.5) is 0 Å². The summed E-state index contributed by atoms with van der Waals surface area (Å²) >= 11 is 0. The molecule has 0 aliphatic heterocycles. The summed E-state index contributed by atoms with van der Waals surface area (Å²) in [4.78, 5) is 18.4. The molecule has 1 aromatic heterocycles. The molecule has 0 N–H and O–H groups in total. The first kappa shape index (κ1) is 38.9. The number of rotatable bonds is 13.